The van der Waals surface area contributed by atoms with Crippen LogP contribution in [-0.4, -0.2) is 74.4 Å². The third kappa shape index (κ3) is 6.98. The minimum Gasteiger partial charge on any atom is -0.493 e. The van der Waals surface area contributed by atoms with E-state index in [0.717, 1.165) is 12.8 Å². The smallest absolute Gasteiger partial charge is 0.303 e. The van der Waals surface area contributed by atoms with Gasteiger partial charge in [0.25, 0.3) is 5.91 Å². The monoisotopic (exact) mass is 348 g/mol. The second-order valence-corrected chi connectivity index (χ2v) is 4.87. The summed E-state index contributed by atoms with van der Waals surface area (Å²) in [5.74, 6) is 0.214. The molecular formula is C16H23NNaO6. The van der Waals surface area contributed by atoms with Crippen molar-refractivity contribution in [1.29, 1.82) is 0 Å². The van der Waals surface area contributed by atoms with Crippen LogP contribution in [0.3, 0.4) is 0 Å². The van der Waals surface area contributed by atoms with Gasteiger partial charge in [0.2, 0.25) is 5.75 Å². The molecule has 0 bridgehead atoms. The molecule has 129 valence electrons. The maximum absolute atomic E-state index is 12.2. The quantitative estimate of drug-likeness (QED) is 0.494. The van der Waals surface area contributed by atoms with Crippen molar-refractivity contribution in [3.63, 3.8) is 0 Å². The van der Waals surface area contributed by atoms with E-state index in [4.69, 9.17) is 19.3 Å². The van der Waals surface area contributed by atoms with Crippen LogP contribution in [0.5, 0.6) is 17.2 Å². The molecule has 0 aromatic heterocycles. The van der Waals surface area contributed by atoms with E-state index in [9.17, 15) is 9.59 Å². The van der Waals surface area contributed by atoms with Crippen LogP contribution in [0, 0.1) is 0 Å². The molecule has 0 unspecified atom stereocenters. The van der Waals surface area contributed by atoms with Gasteiger partial charge in [-0.1, -0.05) is 6.42 Å². The second kappa shape index (κ2) is 12.0. The Morgan fingerprint density at radius 3 is 2.04 bits per heavy atom. The fourth-order valence-electron chi connectivity index (χ4n) is 2.09. The third-order valence-electron chi connectivity index (χ3n) is 3.28. The van der Waals surface area contributed by atoms with Crippen LogP contribution < -0.4 is 19.5 Å². The first-order valence-corrected chi connectivity index (χ1v) is 7.33. The topological polar surface area (TPSA) is 94.1 Å². The van der Waals surface area contributed by atoms with E-state index >= 15 is 0 Å². The van der Waals surface area contributed by atoms with Crippen molar-refractivity contribution in [2.45, 2.75) is 25.7 Å². The van der Waals surface area contributed by atoms with Crippen molar-refractivity contribution in [2.24, 2.45) is 0 Å². The van der Waals surface area contributed by atoms with Gasteiger partial charge < -0.3 is 24.6 Å². The molecule has 8 heteroatoms. The number of hydrogen-bond donors (Lipinski definition) is 2. The van der Waals surface area contributed by atoms with Gasteiger partial charge in [0.15, 0.2) is 11.5 Å². The number of amides is 1. The predicted molar refractivity (Wildman–Crippen MR) is 90.3 cm³/mol. The number of carboxylic acid groups (broad SMARTS) is 1. The number of nitrogens with one attached hydrogen (secondary N) is 1. The SMILES string of the molecule is COc1cc(C(=O)NCCCCCC(=O)O)cc(OC)c1OC.[Na]. The van der Waals surface area contributed by atoms with Gasteiger partial charge >= 0.3 is 5.97 Å². The van der Waals surface area contributed by atoms with E-state index in [-0.39, 0.29) is 41.9 Å². The Bertz CT molecular complexity index is 524. The van der Waals surface area contributed by atoms with E-state index in [1.165, 1.54) is 21.3 Å². The zero-order valence-electron chi connectivity index (χ0n) is 14.7. The molecule has 2 N–H and O–H groups in total. The average Bonchev–Trinajstić information content (AvgIpc) is 2.55. The molecule has 0 fully saturated rings. The number of unbranched alkanes of at least 4 members (excludes halogenated alkanes) is 2. The summed E-state index contributed by atoms with van der Waals surface area (Å²) in [6.45, 7) is 0.481. The number of carbonyl (C=O) groups is 2. The van der Waals surface area contributed by atoms with Crippen LogP contribution >= 0.6 is 0 Å². The molecule has 0 aliphatic carbocycles. The van der Waals surface area contributed by atoms with E-state index in [1.54, 1.807) is 12.1 Å². The summed E-state index contributed by atoms with van der Waals surface area (Å²) in [4.78, 5) is 22.6. The number of ether oxygens (including phenoxy) is 3. The summed E-state index contributed by atoms with van der Waals surface area (Å²) in [5, 5.41) is 11.3. The minimum absolute atomic E-state index is 0. The Kier molecular flexibility index (Phi) is 11.3. The van der Waals surface area contributed by atoms with Crippen LogP contribution in [0.15, 0.2) is 12.1 Å². The molecule has 0 atom stereocenters. The number of carboxylic acids is 1. The number of carbonyl (C=O) groups excluding carboxylic acids is 1. The molecule has 0 aliphatic rings. The number of rotatable bonds is 10. The molecule has 1 aromatic rings. The Hall–Kier alpha value is -1.44. The van der Waals surface area contributed by atoms with Crippen LogP contribution in [0.25, 0.3) is 0 Å². The van der Waals surface area contributed by atoms with Gasteiger partial charge in [-0.3, -0.25) is 9.59 Å². The Morgan fingerprint density at radius 1 is 1.00 bits per heavy atom. The molecule has 0 saturated carbocycles. The Morgan fingerprint density at radius 2 is 1.58 bits per heavy atom. The summed E-state index contributed by atoms with van der Waals surface area (Å²) in [5.41, 5.74) is 0.407. The van der Waals surface area contributed by atoms with Gasteiger partial charge in [-0.25, -0.2) is 0 Å². The average molecular weight is 348 g/mol. The second-order valence-electron chi connectivity index (χ2n) is 4.87. The van der Waals surface area contributed by atoms with Crippen LogP contribution in [-0.2, 0) is 4.79 Å². The first kappa shape index (κ1) is 22.6. The molecule has 24 heavy (non-hydrogen) atoms. The van der Waals surface area contributed by atoms with Crippen molar-refractivity contribution < 1.29 is 28.9 Å². The van der Waals surface area contributed by atoms with Crippen LogP contribution in [0.2, 0.25) is 0 Å². The van der Waals surface area contributed by atoms with Gasteiger partial charge in [0.05, 0.1) is 21.3 Å². The normalized spacial score (nSPS) is 9.62. The first-order chi connectivity index (χ1) is 11.0. The summed E-state index contributed by atoms with van der Waals surface area (Å²) in [6.07, 6.45) is 2.24. The molecule has 0 saturated heterocycles. The molecule has 0 spiro atoms. The number of hydrogen-bond acceptors (Lipinski definition) is 5. The molecule has 1 aromatic carbocycles. The van der Waals surface area contributed by atoms with Gasteiger partial charge in [-0.05, 0) is 25.0 Å². The van der Waals surface area contributed by atoms with Gasteiger partial charge in [-0.15, -0.1) is 0 Å². The standard InChI is InChI=1S/C16H23NO6.Na/c1-21-12-9-11(10-13(22-2)15(12)23-3)16(20)17-8-6-4-5-7-14(18)19;/h9-10H,4-8H2,1-3H3,(H,17,20)(H,18,19);. The van der Waals surface area contributed by atoms with Crippen molar-refractivity contribution in [2.75, 3.05) is 27.9 Å². The maximum Gasteiger partial charge on any atom is 0.303 e. The summed E-state index contributed by atoms with van der Waals surface area (Å²) in [7, 11) is 4.47. The predicted octanol–water partition coefficient (Wildman–Crippen LogP) is 1.71. The molecule has 0 aliphatic heterocycles. The zero-order chi connectivity index (χ0) is 17.2. The van der Waals surface area contributed by atoms with E-state index in [0.29, 0.717) is 35.8 Å². The fraction of sp³-hybridized carbons (Fsp3) is 0.500. The number of benzene rings is 1. The fourth-order valence-corrected chi connectivity index (χ4v) is 2.09. The largest absolute Gasteiger partial charge is 0.493 e. The maximum atomic E-state index is 12.2. The summed E-state index contributed by atoms with van der Waals surface area (Å²) >= 11 is 0. The van der Waals surface area contributed by atoms with E-state index in [1.807, 2.05) is 0 Å². The van der Waals surface area contributed by atoms with Crippen molar-refractivity contribution in [3.8, 4) is 17.2 Å². The molecule has 1 radical (unpaired) electrons. The first-order valence-electron chi connectivity index (χ1n) is 7.33. The molecule has 1 amide bonds. The Balaban J connectivity index is 0.00000529. The Labute approximate surface area is 164 Å². The third-order valence-corrected chi connectivity index (χ3v) is 3.28. The number of aliphatic carboxylic acids is 1. The summed E-state index contributed by atoms with van der Waals surface area (Å²) < 4.78 is 15.6. The zero-order valence-corrected chi connectivity index (χ0v) is 16.7. The molecular weight excluding hydrogens is 325 g/mol. The van der Waals surface area contributed by atoms with E-state index in [2.05, 4.69) is 5.32 Å². The molecule has 1 rings (SSSR count). The van der Waals surface area contributed by atoms with E-state index < -0.39 is 5.97 Å². The molecule has 7 nitrogen and oxygen atoms in total. The van der Waals surface area contributed by atoms with Gasteiger partial charge in [0, 0.05) is 48.1 Å². The van der Waals surface area contributed by atoms with Crippen molar-refractivity contribution in [1.82, 2.24) is 5.32 Å². The molecule has 0 heterocycles. The van der Waals surface area contributed by atoms with Gasteiger partial charge in [0.1, 0.15) is 0 Å². The minimum atomic E-state index is -0.800. The van der Waals surface area contributed by atoms with Crippen molar-refractivity contribution >= 4 is 41.4 Å². The van der Waals surface area contributed by atoms with Crippen LogP contribution in [0.1, 0.15) is 36.0 Å². The van der Waals surface area contributed by atoms with Gasteiger partial charge in [-0.2, -0.15) is 0 Å². The number of methoxy groups -OCH3 is 3. The summed E-state index contributed by atoms with van der Waals surface area (Å²) in [6, 6.07) is 3.17. The van der Waals surface area contributed by atoms with Crippen LogP contribution in [0.4, 0.5) is 0 Å². The van der Waals surface area contributed by atoms with Crippen molar-refractivity contribution in [3.05, 3.63) is 17.7 Å².